The number of allylic oxidation sites excluding steroid dienone is 1. The highest BCUT2D eigenvalue weighted by atomic mass is 79.9. The second kappa shape index (κ2) is 5.20. The lowest BCUT2D eigenvalue weighted by Gasteiger charge is -1.97. The van der Waals surface area contributed by atoms with Gasteiger partial charge >= 0.3 is 0 Å². The van der Waals surface area contributed by atoms with E-state index >= 15 is 0 Å². The van der Waals surface area contributed by atoms with Crippen molar-refractivity contribution < 1.29 is 0 Å². The molecule has 64 valence electrons. The molecule has 1 aromatic carbocycles. The van der Waals surface area contributed by atoms with Gasteiger partial charge in [0.05, 0.1) is 0 Å². The molecule has 0 aliphatic carbocycles. The Kier molecular flexibility index (Phi) is 4.54. The summed E-state index contributed by atoms with van der Waals surface area (Å²) in [5.41, 5.74) is 1.20. The Hall–Kier alpha value is 0.400. The molecule has 0 saturated heterocycles. The van der Waals surface area contributed by atoms with E-state index in [1.54, 1.807) is 0 Å². The van der Waals surface area contributed by atoms with Gasteiger partial charge in [0, 0.05) is 14.3 Å². The molecule has 0 spiro atoms. The van der Waals surface area contributed by atoms with E-state index in [4.69, 9.17) is 0 Å². The summed E-state index contributed by atoms with van der Waals surface area (Å²) in [7, 11) is 0. The molecule has 0 N–H and O–H groups in total. The summed E-state index contributed by atoms with van der Waals surface area (Å²) in [6.07, 6.45) is 4.14. The van der Waals surface area contributed by atoms with E-state index in [0.29, 0.717) is 0 Å². The monoisotopic (exact) mass is 352 g/mol. The largest absolute Gasteiger partial charge is 0.0883 e. The molecular formula is C9H7Br3. The highest BCUT2D eigenvalue weighted by Gasteiger charge is 1.94. The van der Waals surface area contributed by atoms with E-state index in [-0.39, 0.29) is 0 Å². The number of alkyl halides is 1. The zero-order chi connectivity index (χ0) is 8.97. The van der Waals surface area contributed by atoms with Crippen LogP contribution in [-0.2, 0) is 0 Å². The number of rotatable bonds is 2. The van der Waals surface area contributed by atoms with Crippen molar-refractivity contribution in [2.24, 2.45) is 0 Å². The van der Waals surface area contributed by atoms with Crippen molar-refractivity contribution in [2.45, 2.75) is 0 Å². The second-order valence-corrected chi connectivity index (χ2v) is 4.59. The van der Waals surface area contributed by atoms with E-state index in [2.05, 4.69) is 72.1 Å². The summed E-state index contributed by atoms with van der Waals surface area (Å²) >= 11 is 10.2. The standard InChI is InChI=1S/C9H7Br3/c10-5-1-2-7-3-4-8(11)9(12)6-7/h1-4,6H,5H2/b2-1+. The van der Waals surface area contributed by atoms with E-state index in [9.17, 15) is 0 Å². The van der Waals surface area contributed by atoms with E-state index in [1.807, 2.05) is 6.07 Å². The molecule has 1 aromatic rings. The van der Waals surface area contributed by atoms with Crippen molar-refractivity contribution in [1.82, 2.24) is 0 Å². The molecule has 0 saturated carbocycles. The zero-order valence-electron chi connectivity index (χ0n) is 6.23. The van der Waals surface area contributed by atoms with Crippen LogP contribution in [0.4, 0.5) is 0 Å². The second-order valence-electron chi connectivity index (χ2n) is 2.23. The summed E-state index contributed by atoms with van der Waals surface area (Å²) in [5.74, 6) is 0. The fourth-order valence-electron chi connectivity index (χ4n) is 0.797. The predicted octanol–water partition coefficient (Wildman–Crippen LogP) is 4.62. The average molecular weight is 355 g/mol. The molecule has 0 radical (unpaired) electrons. The van der Waals surface area contributed by atoms with Gasteiger partial charge in [-0.2, -0.15) is 0 Å². The van der Waals surface area contributed by atoms with Crippen molar-refractivity contribution in [2.75, 3.05) is 5.33 Å². The third-order valence-corrected chi connectivity index (χ3v) is 3.60. The lowest BCUT2D eigenvalue weighted by atomic mass is 10.2. The molecule has 0 nitrogen and oxygen atoms in total. The molecule has 0 heterocycles. The highest BCUT2D eigenvalue weighted by Crippen LogP contribution is 2.24. The SMILES string of the molecule is BrC/C=C/c1ccc(Br)c(Br)c1. The fraction of sp³-hybridized carbons (Fsp3) is 0.111. The summed E-state index contributed by atoms with van der Waals surface area (Å²) in [5, 5.41) is 0.890. The molecule has 3 heteroatoms. The maximum absolute atomic E-state index is 3.45. The third kappa shape index (κ3) is 3.04. The van der Waals surface area contributed by atoms with Gasteiger partial charge in [-0.15, -0.1) is 0 Å². The fourth-order valence-corrected chi connectivity index (χ4v) is 1.63. The Bertz CT molecular complexity index is 292. The van der Waals surface area contributed by atoms with Crippen LogP contribution >= 0.6 is 47.8 Å². The molecule has 0 fully saturated rings. The molecular weight excluding hydrogens is 348 g/mol. The van der Waals surface area contributed by atoms with Crippen LogP contribution in [0, 0.1) is 0 Å². The van der Waals surface area contributed by atoms with Gasteiger partial charge in [-0.1, -0.05) is 34.1 Å². The molecule has 0 atom stereocenters. The van der Waals surface area contributed by atoms with Crippen molar-refractivity contribution >= 4 is 53.9 Å². The maximum Gasteiger partial charge on any atom is 0.0323 e. The molecule has 0 bridgehead atoms. The molecule has 0 amide bonds. The van der Waals surface area contributed by atoms with Crippen LogP contribution in [-0.4, -0.2) is 5.33 Å². The number of hydrogen-bond acceptors (Lipinski definition) is 0. The van der Waals surface area contributed by atoms with Crippen LogP contribution in [0.5, 0.6) is 0 Å². The van der Waals surface area contributed by atoms with Gasteiger partial charge in [0.15, 0.2) is 0 Å². The quantitative estimate of drug-likeness (QED) is 0.680. The third-order valence-electron chi connectivity index (χ3n) is 1.34. The minimum Gasteiger partial charge on any atom is -0.0883 e. The molecule has 0 unspecified atom stereocenters. The summed E-state index contributed by atoms with van der Waals surface area (Å²) in [6, 6.07) is 6.16. The first-order valence-electron chi connectivity index (χ1n) is 3.41. The zero-order valence-corrected chi connectivity index (χ0v) is 11.0. The van der Waals surface area contributed by atoms with Crippen molar-refractivity contribution in [3.63, 3.8) is 0 Å². The Balaban J connectivity index is 2.89. The van der Waals surface area contributed by atoms with Gasteiger partial charge in [0.2, 0.25) is 0 Å². The number of hydrogen-bond donors (Lipinski definition) is 0. The molecule has 0 aliphatic heterocycles. The lowest BCUT2D eigenvalue weighted by Crippen LogP contribution is -1.74. The van der Waals surface area contributed by atoms with Gasteiger partial charge in [-0.25, -0.2) is 0 Å². The minimum absolute atomic E-state index is 0.890. The van der Waals surface area contributed by atoms with Crippen LogP contribution in [0.15, 0.2) is 33.2 Å². The number of halogens is 3. The lowest BCUT2D eigenvalue weighted by molar-refractivity contribution is 1.56. The van der Waals surface area contributed by atoms with Crippen LogP contribution in [0.2, 0.25) is 0 Å². The summed E-state index contributed by atoms with van der Waals surface area (Å²) < 4.78 is 2.16. The predicted molar refractivity (Wildman–Crippen MR) is 64.7 cm³/mol. The molecule has 1 rings (SSSR count). The van der Waals surface area contributed by atoms with Crippen molar-refractivity contribution in [3.05, 3.63) is 38.8 Å². The van der Waals surface area contributed by atoms with E-state index in [1.165, 1.54) is 5.56 Å². The minimum atomic E-state index is 0.890. The summed E-state index contributed by atoms with van der Waals surface area (Å²) in [4.78, 5) is 0. The van der Waals surface area contributed by atoms with Crippen molar-refractivity contribution in [1.29, 1.82) is 0 Å². The van der Waals surface area contributed by atoms with Gasteiger partial charge in [0.1, 0.15) is 0 Å². The Labute approximate surface area is 97.4 Å². The molecule has 12 heavy (non-hydrogen) atoms. The first kappa shape index (κ1) is 10.5. The first-order valence-corrected chi connectivity index (χ1v) is 6.12. The van der Waals surface area contributed by atoms with Crippen LogP contribution in [0.3, 0.4) is 0 Å². The van der Waals surface area contributed by atoms with Crippen LogP contribution < -0.4 is 0 Å². The van der Waals surface area contributed by atoms with Gasteiger partial charge < -0.3 is 0 Å². The van der Waals surface area contributed by atoms with Gasteiger partial charge in [0.25, 0.3) is 0 Å². The van der Waals surface area contributed by atoms with Crippen LogP contribution in [0.25, 0.3) is 6.08 Å². The van der Waals surface area contributed by atoms with E-state index in [0.717, 1.165) is 14.3 Å². The normalized spacial score (nSPS) is 10.9. The highest BCUT2D eigenvalue weighted by molar-refractivity contribution is 9.13. The average Bonchev–Trinajstić information content (AvgIpc) is 2.07. The van der Waals surface area contributed by atoms with Gasteiger partial charge in [-0.05, 0) is 49.6 Å². The summed E-state index contributed by atoms with van der Waals surface area (Å²) in [6.45, 7) is 0. The van der Waals surface area contributed by atoms with Crippen LogP contribution in [0.1, 0.15) is 5.56 Å². The number of benzene rings is 1. The molecule has 0 aliphatic rings. The smallest absolute Gasteiger partial charge is 0.0323 e. The Morgan fingerprint density at radius 3 is 2.50 bits per heavy atom. The van der Waals surface area contributed by atoms with Crippen molar-refractivity contribution in [3.8, 4) is 0 Å². The first-order chi connectivity index (χ1) is 5.74. The Morgan fingerprint density at radius 2 is 1.92 bits per heavy atom. The van der Waals surface area contributed by atoms with Gasteiger partial charge in [-0.3, -0.25) is 0 Å². The molecule has 0 aromatic heterocycles. The maximum atomic E-state index is 3.45. The van der Waals surface area contributed by atoms with E-state index < -0.39 is 0 Å². The Morgan fingerprint density at radius 1 is 1.17 bits per heavy atom. The topological polar surface area (TPSA) is 0 Å².